The minimum absolute atomic E-state index is 0.0836. The Morgan fingerprint density at radius 3 is 2.50 bits per heavy atom. The molecule has 18 heavy (non-hydrogen) atoms. The topological polar surface area (TPSA) is 54.5 Å². The zero-order chi connectivity index (χ0) is 13.2. The second-order valence-corrected chi connectivity index (χ2v) is 6.43. The van der Waals surface area contributed by atoms with E-state index in [4.69, 9.17) is 0 Å². The van der Waals surface area contributed by atoms with Crippen molar-refractivity contribution in [1.82, 2.24) is 4.31 Å². The number of halogens is 1. The number of Topliss-reactive ketones (excluding diaryl/α,β-unsaturated/α-hetero) is 1. The number of benzene rings is 1. The lowest BCUT2D eigenvalue weighted by molar-refractivity contribution is -0.118. The zero-order valence-corrected chi connectivity index (χ0v) is 10.6. The third-order valence-corrected chi connectivity index (χ3v) is 4.77. The van der Waals surface area contributed by atoms with Gasteiger partial charge in [-0.25, -0.2) is 12.8 Å². The highest BCUT2D eigenvalue weighted by Crippen LogP contribution is 2.13. The summed E-state index contributed by atoms with van der Waals surface area (Å²) in [6, 6.07) is 5.64. The van der Waals surface area contributed by atoms with Crippen molar-refractivity contribution < 1.29 is 17.6 Å². The number of carbonyl (C=O) groups excluding carboxylic acids is 1. The number of hydrogen-bond acceptors (Lipinski definition) is 3. The smallest absolute Gasteiger partial charge is 0.214 e. The fraction of sp³-hybridized carbons (Fsp3) is 0.417. The van der Waals surface area contributed by atoms with E-state index in [2.05, 4.69) is 0 Å². The molecule has 0 spiro atoms. The van der Waals surface area contributed by atoms with E-state index >= 15 is 0 Å². The molecule has 0 N–H and O–H groups in total. The Bertz CT molecular complexity index is 539. The first kappa shape index (κ1) is 13.2. The third kappa shape index (κ3) is 3.14. The van der Waals surface area contributed by atoms with E-state index in [1.165, 1.54) is 28.6 Å². The lowest BCUT2D eigenvalue weighted by atomic mass is 10.1. The highest BCUT2D eigenvalue weighted by Gasteiger charge is 2.29. The molecule has 0 aromatic heterocycles. The fourth-order valence-corrected chi connectivity index (χ4v) is 3.45. The summed E-state index contributed by atoms with van der Waals surface area (Å²) in [5, 5.41) is 0. The van der Waals surface area contributed by atoms with Crippen molar-refractivity contribution in [3.05, 3.63) is 35.6 Å². The van der Waals surface area contributed by atoms with E-state index in [1.54, 1.807) is 0 Å². The third-order valence-electron chi connectivity index (χ3n) is 2.87. The molecule has 6 heteroatoms. The average molecular weight is 271 g/mol. The van der Waals surface area contributed by atoms with Crippen LogP contribution in [-0.4, -0.2) is 37.3 Å². The molecule has 1 aliphatic rings. The van der Waals surface area contributed by atoms with Crippen LogP contribution in [0.25, 0.3) is 0 Å². The first-order chi connectivity index (χ1) is 8.47. The van der Waals surface area contributed by atoms with E-state index in [1.807, 2.05) is 0 Å². The van der Waals surface area contributed by atoms with Crippen LogP contribution in [0.3, 0.4) is 0 Å². The normalized spacial score (nSPS) is 18.9. The molecule has 1 saturated heterocycles. The van der Waals surface area contributed by atoms with Crippen LogP contribution in [0.15, 0.2) is 24.3 Å². The molecule has 0 atom stereocenters. The van der Waals surface area contributed by atoms with Crippen LogP contribution in [0.2, 0.25) is 0 Å². The van der Waals surface area contributed by atoms with Gasteiger partial charge in [-0.15, -0.1) is 0 Å². The number of ketones is 1. The molecule has 0 amide bonds. The number of nitrogens with zero attached hydrogens (tertiary/aromatic N) is 1. The maximum Gasteiger partial charge on any atom is 0.214 e. The van der Waals surface area contributed by atoms with Crippen LogP contribution in [-0.2, 0) is 21.2 Å². The summed E-state index contributed by atoms with van der Waals surface area (Å²) >= 11 is 0. The van der Waals surface area contributed by atoms with Crippen molar-refractivity contribution in [2.75, 3.05) is 18.8 Å². The molecule has 0 bridgehead atoms. The van der Waals surface area contributed by atoms with Gasteiger partial charge in [0.2, 0.25) is 10.0 Å². The van der Waals surface area contributed by atoms with Crippen LogP contribution < -0.4 is 0 Å². The Hall–Kier alpha value is -1.27. The summed E-state index contributed by atoms with van der Waals surface area (Å²) < 4.78 is 36.9. The summed E-state index contributed by atoms with van der Waals surface area (Å²) in [7, 11) is -3.23. The van der Waals surface area contributed by atoms with Crippen LogP contribution in [0.4, 0.5) is 4.39 Å². The molecule has 1 aromatic rings. The van der Waals surface area contributed by atoms with Crippen molar-refractivity contribution >= 4 is 15.8 Å². The van der Waals surface area contributed by atoms with E-state index in [9.17, 15) is 17.6 Å². The molecule has 1 aromatic carbocycles. The number of hydrogen-bond donors (Lipinski definition) is 0. The van der Waals surface area contributed by atoms with Gasteiger partial charge in [-0.05, 0) is 24.1 Å². The predicted octanol–water partition coefficient (Wildman–Crippen LogP) is 0.973. The van der Waals surface area contributed by atoms with E-state index in [-0.39, 0.29) is 30.3 Å². The summed E-state index contributed by atoms with van der Waals surface area (Å²) in [6.07, 6.45) is 0.707. The SMILES string of the molecule is O=C(Cc1ccc(F)cc1)CN1CCCS1(=O)=O. The molecule has 98 valence electrons. The van der Waals surface area contributed by atoms with Gasteiger partial charge in [-0.2, -0.15) is 4.31 Å². The molecule has 0 unspecified atom stereocenters. The second-order valence-electron chi connectivity index (χ2n) is 4.35. The van der Waals surface area contributed by atoms with Gasteiger partial charge in [0.05, 0.1) is 12.3 Å². The van der Waals surface area contributed by atoms with Gasteiger partial charge < -0.3 is 0 Å². The molecule has 1 heterocycles. The minimum Gasteiger partial charge on any atom is -0.298 e. The molecule has 0 aliphatic carbocycles. The lowest BCUT2D eigenvalue weighted by Crippen LogP contribution is -2.32. The van der Waals surface area contributed by atoms with Crippen molar-refractivity contribution in [3.63, 3.8) is 0 Å². The standard InChI is InChI=1S/C12H14FNO3S/c13-11-4-2-10(3-5-11)8-12(15)9-14-6-1-7-18(14,16)17/h2-5H,1,6-9H2. The van der Waals surface area contributed by atoms with Crippen molar-refractivity contribution in [2.24, 2.45) is 0 Å². The van der Waals surface area contributed by atoms with E-state index < -0.39 is 10.0 Å². The highest BCUT2D eigenvalue weighted by molar-refractivity contribution is 7.89. The van der Waals surface area contributed by atoms with Gasteiger partial charge in [-0.1, -0.05) is 12.1 Å². The van der Waals surface area contributed by atoms with Gasteiger partial charge in [0, 0.05) is 13.0 Å². The predicted molar refractivity (Wildman–Crippen MR) is 65.1 cm³/mol. The first-order valence-corrected chi connectivity index (χ1v) is 7.32. The molecule has 1 fully saturated rings. The second kappa shape index (κ2) is 5.16. The Balaban J connectivity index is 1.95. The minimum atomic E-state index is -3.23. The first-order valence-electron chi connectivity index (χ1n) is 5.71. The molecule has 1 aliphatic heterocycles. The van der Waals surface area contributed by atoms with Crippen molar-refractivity contribution in [2.45, 2.75) is 12.8 Å². The molecule has 4 nitrogen and oxygen atoms in total. The Kier molecular flexibility index (Phi) is 3.77. The monoisotopic (exact) mass is 271 g/mol. The van der Waals surface area contributed by atoms with Crippen LogP contribution in [0.1, 0.15) is 12.0 Å². The Morgan fingerprint density at radius 1 is 1.28 bits per heavy atom. The van der Waals surface area contributed by atoms with E-state index in [0.29, 0.717) is 18.5 Å². The van der Waals surface area contributed by atoms with Crippen molar-refractivity contribution in [3.8, 4) is 0 Å². The maximum atomic E-state index is 12.7. The number of sulfonamides is 1. The fourth-order valence-electron chi connectivity index (χ4n) is 1.95. The molecular formula is C12H14FNO3S. The van der Waals surface area contributed by atoms with Crippen LogP contribution in [0.5, 0.6) is 0 Å². The molecule has 0 radical (unpaired) electrons. The summed E-state index contributed by atoms with van der Waals surface area (Å²) in [4.78, 5) is 11.7. The zero-order valence-electron chi connectivity index (χ0n) is 9.80. The number of carbonyl (C=O) groups is 1. The van der Waals surface area contributed by atoms with Gasteiger partial charge in [0.25, 0.3) is 0 Å². The Morgan fingerprint density at radius 2 is 1.94 bits per heavy atom. The molecular weight excluding hydrogens is 257 g/mol. The maximum absolute atomic E-state index is 12.7. The highest BCUT2D eigenvalue weighted by atomic mass is 32.2. The summed E-state index contributed by atoms with van der Waals surface area (Å²) in [6.45, 7) is 0.331. The van der Waals surface area contributed by atoms with Crippen LogP contribution >= 0.6 is 0 Å². The molecule has 2 rings (SSSR count). The number of rotatable bonds is 4. The van der Waals surface area contributed by atoms with Gasteiger partial charge in [0.15, 0.2) is 5.78 Å². The quantitative estimate of drug-likeness (QED) is 0.820. The summed E-state index contributed by atoms with van der Waals surface area (Å²) in [5.74, 6) is -0.406. The van der Waals surface area contributed by atoms with Gasteiger partial charge >= 0.3 is 0 Å². The average Bonchev–Trinajstić information content (AvgIpc) is 2.62. The van der Waals surface area contributed by atoms with Crippen molar-refractivity contribution in [1.29, 1.82) is 0 Å². The lowest BCUT2D eigenvalue weighted by Gasteiger charge is -2.12. The van der Waals surface area contributed by atoms with Crippen LogP contribution in [0, 0.1) is 5.82 Å². The molecule has 0 saturated carbocycles. The summed E-state index contributed by atoms with van der Waals surface area (Å²) in [5.41, 5.74) is 0.693. The van der Waals surface area contributed by atoms with Gasteiger partial charge in [-0.3, -0.25) is 4.79 Å². The Labute approximate surface area is 105 Å². The largest absolute Gasteiger partial charge is 0.298 e. The van der Waals surface area contributed by atoms with E-state index in [0.717, 1.165) is 0 Å². The van der Waals surface area contributed by atoms with Gasteiger partial charge in [0.1, 0.15) is 5.82 Å².